The summed E-state index contributed by atoms with van der Waals surface area (Å²) in [5.41, 5.74) is 1.41. The van der Waals surface area contributed by atoms with Crippen LogP contribution in [0.3, 0.4) is 0 Å². The molecule has 0 aliphatic heterocycles. The van der Waals surface area contributed by atoms with Gasteiger partial charge in [0.05, 0.1) is 17.7 Å². The second kappa shape index (κ2) is 22.6. The van der Waals surface area contributed by atoms with Crippen LogP contribution in [0.25, 0.3) is 10.9 Å². The van der Waals surface area contributed by atoms with E-state index in [9.17, 15) is 26.4 Å². The van der Waals surface area contributed by atoms with Crippen LogP contribution >= 0.6 is 0 Å². The van der Waals surface area contributed by atoms with Gasteiger partial charge in [-0.25, -0.2) is 8.42 Å². The van der Waals surface area contributed by atoms with Crippen LogP contribution < -0.4 is 9.46 Å². The predicted molar refractivity (Wildman–Crippen MR) is 213 cm³/mol. The number of nitrogens with one attached hydrogen (secondary N) is 1. The number of sulfonamides is 1. The van der Waals surface area contributed by atoms with Crippen LogP contribution in [-0.4, -0.2) is 73.7 Å². The number of alkyl halides is 3. The molecular formula is C42H65F3N4O4S. The van der Waals surface area contributed by atoms with Crippen molar-refractivity contribution in [2.24, 2.45) is 5.92 Å². The number of ketones is 1. The third-order valence-electron chi connectivity index (χ3n) is 10.2. The molecule has 2 aromatic carbocycles. The zero-order valence-corrected chi connectivity index (χ0v) is 34.3. The van der Waals surface area contributed by atoms with Gasteiger partial charge in [0.15, 0.2) is 5.78 Å². The lowest BCUT2D eigenvalue weighted by molar-refractivity contribution is -0.138. The summed E-state index contributed by atoms with van der Waals surface area (Å²) in [6, 6.07) is 13.5. The topological polar surface area (TPSA) is 83.9 Å². The van der Waals surface area contributed by atoms with E-state index >= 15 is 0 Å². The van der Waals surface area contributed by atoms with Crippen molar-refractivity contribution in [3.05, 3.63) is 60.3 Å². The molecule has 0 aliphatic rings. The average molecular weight is 779 g/mol. The molecule has 0 saturated heterocycles. The Morgan fingerprint density at radius 3 is 2.04 bits per heavy atom. The summed E-state index contributed by atoms with van der Waals surface area (Å²) >= 11 is 0. The van der Waals surface area contributed by atoms with Crippen LogP contribution in [0.1, 0.15) is 135 Å². The molecule has 3 aromatic rings. The van der Waals surface area contributed by atoms with Crippen LogP contribution in [0.5, 0.6) is 5.75 Å². The van der Waals surface area contributed by atoms with Gasteiger partial charge in [-0.2, -0.15) is 13.2 Å². The summed E-state index contributed by atoms with van der Waals surface area (Å²) in [7, 11) is -4.77. The number of benzene rings is 2. The smallest absolute Gasteiger partial charge is 0.470 e. The number of fused-ring (bicyclic) bond motifs is 1. The minimum Gasteiger partial charge on any atom is -0.494 e. The molecule has 0 aliphatic carbocycles. The number of nitrogens with zero attached hydrogens (tertiary/aromatic N) is 3. The van der Waals surface area contributed by atoms with E-state index in [1.807, 2.05) is 37.4 Å². The van der Waals surface area contributed by atoms with Crippen LogP contribution in [0.15, 0.2) is 59.6 Å². The first-order valence-corrected chi connectivity index (χ1v) is 21.7. The fraction of sp³-hybridized carbons (Fsp3) is 0.643. The van der Waals surface area contributed by atoms with Gasteiger partial charge < -0.3 is 14.2 Å². The Labute approximate surface area is 322 Å². The molecule has 1 N–H and O–H groups in total. The molecule has 12 heteroatoms. The van der Waals surface area contributed by atoms with Crippen LogP contribution in [0.2, 0.25) is 0 Å². The maximum absolute atomic E-state index is 13.9. The lowest BCUT2D eigenvalue weighted by Gasteiger charge is -2.40. The number of carbonyl (C=O) groups excluding carboxylic acids is 1. The molecule has 0 fully saturated rings. The van der Waals surface area contributed by atoms with Gasteiger partial charge in [-0.3, -0.25) is 9.69 Å². The Morgan fingerprint density at radius 2 is 1.44 bits per heavy atom. The maximum Gasteiger partial charge on any atom is 0.470 e. The van der Waals surface area contributed by atoms with E-state index in [4.69, 9.17) is 4.74 Å². The molecule has 54 heavy (non-hydrogen) atoms. The predicted octanol–water partition coefficient (Wildman–Crippen LogP) is 10.6. The quantitative estimate of drug-likeness (QED) is 0.0471. The first-order chi connectivity index (χ1) is 25.8. The second-order valence-electron chi connectivity index (χ2n) is 14.6. The van der Waals surface area contributed by atoms with Gasteiger partial charge in [0.25, 0.3) is 0 Å². The van der Waals surface area contributed by atoms with Gasteiger partial charge in [-0.1, -0.05) is 73.6 Å². The van der Waals surface area contributed by atoms with E-state index in [1.54, 1.807) is 12.1 Å². The van der Waals surface area contributed by atoms with Gasteiger partial charge in [0.2, 0.25) is 10.0 Å². The molecule has 0 spiro atoms. The molecule has 0 amide bonds. The highest BCUT2D eigenvalue weighted by Gasteiger charge is 2.35. The summed E-state index contributed by atoms with van der Waals surface area (Å²) < 4.78 is 72.5. The fourth-order valence-corrected chi connectivity index (χ4v) is 8.19. The normalized spacial score (nSPS) is 14.2. The van der Waals surface area contributed by atoms with Crippen molar-refractivity contribution in [1.29, 1.82) is 0 Å². The average Bonchev–Trinajstić information content (AvgIpc) is 3.56. The number of Topliss-reactive ketones (excluding diaryl/α,β-unsaturated/α-hetero) is 1. The molecule has 0 saturated carbocycles. The van der Waals surface area contributed by atoms with Gasteiger partial charge in [0, 0.05) is 47.7 Å². The van der Waals surface area contributed by atoms with Crippen molar-refractivity contribution in [1.82, 2.24) is 19.1 Å². The number of aromatic nitrogens is 1. The van der Waals surface area contributed by atoms with Crippen LogP contribution in [-0.2, 0) is 10.0 Å². The first kappa shape index (κ1) is 45.5. The fourth-order valence-electron chi connectivity index (χ4n) is 7.24. The zero-order valence-electron chi connectivity index (χ0n) is 33.5. The molecule has 0 bridgehead atoms. The van der Waals surface area contributed by atoms with Gasteiger partial charge in [-0.15, -0.1) is 4.72 Å². The highest BCUT2D eigenvalue weighted by Crippen LogP contribution is 2.33. The molecule has 3 unspecified atom stereocenters. The SMILES string of the molecule is CCCCC(CC(C)C(=O)c1ccc(OCCCN(CCCC)CCCC)cc1)N(CCCC)C(CC)n1ccc2cc(S(=O)(=O)NC(F)(F)F)ccc21. The lowest BCUT2D eigenvalue weighted by Crippen LogP contribution is -2.42. The van der Waals surface area contributed by atoms with E-state index in [-0.39, 0.29) is 23.9 Å². The van der Waals surface area contributed by atoms with Crippen molar-refractivity contribution in [3.8, 4) is 5.75 Å². The molecule has 3 atom stereocenters. The standard InChI is InChI=1S/C42H65F3N4O4S/c1-7-12-17-36(31-33(6)41(50)34-18-20-37(21-19-34)53-30-16-27-47(25-13-8-2)26-14-9-3)48(28-15-10-4)40(11-5)49-29-24-35-32-38(22-23-39(35)49)54(51,52)46-42(43,44)45/h18-24,29,32-33,36,40,46H,7-17,25-28,30-31H2,1-6H3. The summed E-state index contributed by atoms with van der Waals surface area (Å²) in [5.74, 6) is 0.639. The number of rotatable bonds is 27. The Bertz CT molecular complexity index is 1640. The van der Waals surface area contributed by atoms with E-state index in [1.165, 1.54) is 37.8 Å². The Hall–Kier alpha value is -2.93. The number of hydrogen-bond donors (Lipinski definition) is 1. The van der Waals surface area contributed by atoms with Gasteiger partial charge >= 0.3 is 6.30 Å². The summed E-state index contributed by atoms with van der Waals surface area (Å²) in [5, 5.41) is 0.538. The molecular weight excluding hydrogens is 714 g/mol. The zero-order chi connectivity index (χ0) is 39.7. The minimum atomic E-state index is -5.07. The maximum atomic E-state index is 13.9. The number of unbranched alkanes of at least 4 members (excludes halogenated alkanes) is 4. The summed E-state index contributed by atoms with van der Waals surface area (Å²) in [6.45, 7) is 17.6. The van der Waals surface area contributed by atoms with Crippen molar-refractivity contribution in [3.63, 3.8) is 0 Å². The van der Waals surface area contributed by atoms with E-state index in [0.717, 1.165) is 87.1 Å². The number of halogens is 3. The Balaban J connectivity index is 1.76. The van der Waals surface area contributed by atoms with Gasteiger partial charge in [-0.05, 0) is 107 Å². The van der Waals surface area contributed by atoms with Crippen LogP contribution in [0.4, 0.5) is 13.2 Å². The minimum absolute atomic E-state index is 0.0987. The van der Waals surface area contributed by atoms with Crippen LogP contribution in [0, 0.1) is 5.92 Å². The van der Waals surface area contributed by atoms with E-state index in [2.05, 4.69) is 49.0 Å². The van der Waals surface area contributed by atoms with E-state index < -0.39 is 21.2 Å². The third kappa shape index (κ3) is 14.0. The first-order valence-electron chi connectivity index (χ1n) is 20.2. The monoisotopic (exact) mass is 778 g/mol. The van der Waals surface area contributed by atoms with Crippen molar-refractivity contribution in [2.75, 3.05) is 32.8 Å². The number of ether oxygens (including phenoxy) is 1. The molecule has 0 radical (unpaired) electrons. The molecule has 1 heterocycles. The summed E-state index contributed by atoms with van der Waals surface area (Å²) in [4.78, 5) is 18.4. The second-order valence-corrected chi connectivity index (χ2v) is 16.3. The number of carbonyl (C=O) groups is 1. The lowest BCUT2D eigenvalue weighted by atomic mass is 9.89. The van der Waals surface area contributed by atoms with Crippen molar-refractivity contribution in [2.45, 2.75) is 142 Å². The molecule has 1 aromatic heterocycles. The molecule has 3 rings (SSSR count). The highest BCUT2D eigenvalue weighted by molar-refractivity contribution is 7.89. The molecule has 8 nitrogen and oxygen atoms in total. The Kier molecular flexibility index (Phi) is 19.0. The van der Waals surface area contributed by atoms with Crippen molar-refractivity contribution >= 4 is 26.7 Å². The summed E-state index contributed by atoms with van der Waals surface area (Å²) in [6.07, 6.45) is 8.80. The van der Waals surface area contributed by atoms with Crippen molar-refractivity contribution < 1.29 is 31.1 Å². The van der Waals surface area contributed by atoms with E-state index in [0.29, 0.717) is 24.0 Å². The number of hydrogen-bond acceptors (Lipinski definition) is 6. The molecule has 304 valence electrons. The van der Waals surface area contributed by atoms with Gasteiger partial charge in [0.1, 0.15) is 5.75 Å². The Morgan fingerprint density at radius 1 is 0.833 bits per heavy atom. The highest BCUT2D eigenvalue weighted by atomic mass is 32.2. The third-order valence-corrected chi connectivity index (χ3v) is 11.6. The largest absolute Gasteiger partial charge is 0.494 e.